The van der Waals surface area contributed by atoms with Gasteiger partial charge < -0.3 is 29.6 Å². The van der Waals surface area contributed by atoms with E-state index in [0.717, 1.165) is 26.2 Å². The van der Waals surface area contributed by atoms with Gasteiger partial charge >= 0.3 is 37.7 Å². The Bertz CT molecular complexity index is 1100. The van der Waals surface area contributed by atoms with E-state index in [1.54, 1.807) is 0 Å². The Balaban J connectivity index is -0.00000164. The van der Waals surface area contributed by atoms with Gasteiger partial charge in [0.15, 0.2) is 0 Å². The third-order valence-corrected chi connectivity index (χ3v) is 19.6. The van der Waals surface area contributed by atoms with E-state index in [4.69, 9.17) is 0 Å². The molecule has 0 radical (unpaired) electrons. The maximum Gasteiger partial charge on any atom is 2.00 e. The molecule has 0 aromatic rings. The Morgan fingerprint density at radius 3 is 0.382 bits per heavy atom. The summed E-state index contributed by atoms with van der Waals surface area (Å²) in [4.78, 5) is 26.9. The molecule has 0 unspecified atom stereocenters. The fourth-order valence-electron chi connectivity index (χ4n) is 13.4. The van der Waals surface area contributed by atoms with Crippen molar-refractivity contribution in [3.05, 3.63) is 0 Å². The molecule has 0 rings (SSSR count). The van der Waals surface area contributed by atoms with E-state index in [1.165, 1.54) is 437 Å². The molecule has 0 aliphatic carbocycles. The Kier molecular flexibility index (Phi) is 90.3. The van der Waals surface area contributed by atoms with Crippen molar-refractivity contribution in [2.75, 3.05) is 39.3 Å². The average molecular weight is 1280 g/mol. The quantitative estimate of drug-likeness (QED) is 0.0445. The zero-order chi connectivity index (χ0) is 64.0. The Morgan fingerprint density at radius 2 is 0.281 bits per heavy atom. The molecule has 7 heteroatoms. The van der Waals surface area contributed by atoms with Gasteiger partial charge in [0, 0.05) is 25.0 Å². The van der Waals surface area contributed by atoms with Crippen molar-refractivity contribution < 1.29 is 19.8 Å². The maximum absolute atomic E-state index is 11.0. The molecular formula is C82H164CaN2O4. The molecule has 0 bridgehead atoms. The molecule has 0 aliphatic rings. The van der Waals surface area contributed by atoms with Crippen LogP contribution in [0, 0.1) is 0 Å². The minimum Gasteiger partial charge on any atom is -0.550 e. The van der Waals surface area contributed by atoms with E-state index in [-0.39, 0.29) is 50.6 Å². The van der Waals surface area contributed by atoms with Crippen LogP contribution in [0.3, 0.4) is 0 Å². The first-order valence-electron chi connectivity index (χ1n) is 41.2. The van der Waals surface area contributed by atoms with Crippen LogP contribution in [0.1, 0.15) is 477 Å². The van der Waals surface area contributed by atoms with E-state index in [2.05, 4.69) is 37.5 Å². The molecular weight excluding hydrogens is 1120 g/mol. The first kappa shape index (κ1) is 93.3. The summed E-state index contributed by atoms with van der Waals surface area (Å²) in [5.41, 5.74) is 0. The summed E-state index contributed by atoms with van der Waals surface area (Å²) in [5.74, 6) is -1.81. The number of nitrogens with zero attached hydrogens (tertiary/aromatic N) is 2. The third-order valence-electron chi connectivity index (χ3n) is 19.6. The maximum atomic E-state index is 11.0. The van der Waals surface area contributed by atoms with E-state index < -0.39 is 11.9 Å². The van der Waals surface area contributed by atoms with Crippen LogP contribution in [0.2, 0.25) is 0 Å². The van der Waals surface area contributed by atoms with Gasteiger partial charge in [-0.15, -0.1) is 0 Å². The summed E-state index contributed by atoms with van der Waals surface area (Å²) in [5, 5.41) is 22.1. The van der Waals surface area contributed by atoms with Crippen molar-refractivity contribution in [1.29, 1.82) is 0 Å². The zero-order valence-electron chi connectivity index (χ0n) is 62.0. The molecule has 0 spiro atoms. The molecule has 528 valence electrons. The predicted octanol–water partition coefficient (Wildman–Crippen LogP) is 25.1. The Labute approximate surface area is 591 Å². The summed E-state index contributed by atoms with van der Waals surface area (Å²) in [6.45, 7) is 14.7. The van der Waals surface area contributed by atoms with Crippen LogP contribution in [0.4, 0.5) is 0 Å². The van der Waals surface area contributed by atoms with Crippen molar-refractivity contribution in [3.8, 4) is 0 Å². The number of aliphatic carboxylic acids is 2. The normalized spacial score (nSPS) is 11.5. The SMILES string of the molecule is CCCCCCCCCCCCCCCCCCCN(CCCCCCCCCCCCCCCCCCC)CCC(=O)[O-].CCCCCCCCCCCCCCCCCCCN(CCCCCCCCCCCCCCCCCCC)CCC(=O)[O-].[Ca+2]. The molecule has 0 saturated heterocycles. The zero-order valence-corrected chi connectivity index (χ0v) is 64.2. The number of unbranched alkanes of at least 4 members (excludes halogenated alkanes) is 64. The van der Waals surface area contributed by atoms with E-state index in [9.17, 15) is 19.8 Å². The molecule has 0 atom stereocenters. The van der Waals surface area contributed by atoms with Crippen molar-refractivity contribution in [2.24, 2.45) is 0 Å². The number of carboxylic acid groups (broad SMARTS) is 2. The van der Waals surface area contributed by atoms with Crippen LogP contribution in [0.25, 0.3) is 0 Å². The molecule has 0 fully saturated rings. The van der Waals surface area contributed by atoms with Gasteiger partial charge in [-0.3, -0.25) is 0 Å². The second kappa shape index (κ2) is 86.1. The van der Waals surface area contributed by atoms with Gasteiger partial charge in [0.1, 0.15) is 0 Å². The molecule has 89 heavy (non-hydrogen) atoms. The summed E-state index contributed by atoms with van der Waals surface area (Å²) < 4.78 is 0. The van der Waals surface area contributed by atoms with Crippen LogP contribution in [0.5, 0.6) is 0 Å². The smallest absolute Gasteiger partial charge is 0.550 e. The monoisotopic (exact) mass is 1280 g/mol. The van der Waals surface area contributed by atoms with Crippen LogP contribution < -0.4 is 10.2 Å². The van der Waals surface area contributed by atoms with E-state index >= 15 is 0 Å². The fraction of sp³-hybridized carbons (Fsp3) is 0.976. The van der Waals surface area contributed by atoms with Gasteiger partial charge in [0.2, 0.25) is 0 Å². The minimum absolute atomic E-state index is 0. The van der Waals surface area contributed by atoms with E-state index in [1.807, 2.05) is 0 Å². The number of carboxylic acids is 2. The summed E-state index contributed by atoms with van der Waals surface area (Å²) in [7, 11) is 0. The molecule has 6 nitrogen and oxygen atoms in total. The second-order valence-electron chi connectivity index (χ2n) is 28.6. The van der Waals surface area contributed by atoms with Crippen LogP contribution in [-0.4, -0.2) is 98.7 Å². The number of hydrogen-bond acceptors (Lipinski definition) is 6. The predicted molar refractivity (Wildman–Crippen MR) is 395 cm³/mol. The fourth-order valence-corrected chi connectivity index (χ4v) is 13.4. The van der Waals surface area contributed by atoms with Crippen molar-refractivity contribution >= 4 is 49.7 Å². The topological polar surface area (TPSA) is 86.7 Å². The van der Waals surface area contributed by atoms with Crippen molar-refractivity contribution in [1.82, 2.24) is 9.80 Å². The van der Waals surface area contributed by atoms with Gasteiger partial charge in [0.05, 0.1) is 0 Å². The summed E-state index contributed by atoms with van der Waals surface area (Å²) >= 11 is 0. The summed E-state index contributed by atoms with van der Waals surface area (Å²) in [6, 6.07) is 0. The second-order valence-corrected chi connectivity index (χ2v) is 28.6. The summed E-state index contributed by atoms with van der Waals surface area (Å²) in [6.07, 6.45) is 95.5. The van der Waals surface area contributed by atoms with Crippen LogP contribution in [-0.2, 0) is 9.59 Å². The average Bonchev–Trinajstić information content (AvgIpc) is 3.53. The Hall–Kier alpha value is 0.120. The van der Waals surface area contributed by atoms with Crippen LogP contribution in [0.15, 0.2) is 0 Å². The van der Waals surface area contributed by atoms with Gasteiger partial charge in [-0.1, -0.05) is 439 Å². The van der Waals surface area contributed by atoms with Gasteiger partial charge in [-0.25, -0.2) is 0 Å². The largest absolute Gasteiger partial charge is 2.00 e. The molecule has 0 saturated carbocycles. The minimum atomic E-state index is -0.903. The first-order chi connectivity index (χ1) is 43.4. The molecule has 0 aromatic heterocycles. The van der Waals surface area contributed by atoms with E-state index in [0.29, 0.717) is 13.1 Å². The van der Waals surface area contributed by atoms with Gasteiger partial charge in [-0.2, -0.15) is 0 Å². The third kappa shape index (κ3) is 88.1. The standard InChI is InChI=1S/2C41H83NO2.Ca/c2*1-3-5-7-9-11-13-15-17-19-21-23-25-27-29-31-33-35-38-42(40-37-41(43)44)39-36-34-32-30-28-26-24-22-20-18-16-14-12-10-8-6-4-2;/h2*3-40H2,1-2H3,(H,43,44);/q;;+2/p-2. The van der Waals surface area contributed by atoms with Crippen molar-refractivity contribution in [3.63, 3.8) is 0 Å². The number of carbonyl (C=O) groups is 2. The molecule has 0 aliphatic heterocycles. The molecule has 0 amide bonds. The first-order valence-corrected chi connectivity index (χ1v) is 41.2. The number of rotatable bonds is 78. The van der Waals surface area contributed by atoms with Gasteiger partial charge in [0.25, 0.3) is 0 Å². The number of hydrogen-bond donors (Lipinski definition) is 0. The van der Waals surface area contributed by atoms with Crippen LogP contribution >= 0.6 is 0 Å². The Morgan fingerprint density at radius 1 is 0.180 bits per heavy atom. The molecule has 0 heterocycles. The van der Waals surface area contributed by atoms with Gasteiger partial charge in [-0.05, 0) is 64.7 Å². The molecule has 0 N–H and O–H groups in total. The molecule has 0 aromatic carbocycles. The van der Waals surface area contributed by atoms with Crippen molar-refractivity contribution in [2.45, 2.75) is 477 Å². The number of carbonyl (C=O) groups excluding carboxylic acids is 2.